The number of amides is 2. The molecule has 0 aliphatic carbocycles. The Bertz CT molecular complexity index is 1790. The average Bonchev–Trinajstić information content (AvgIpc) is 3.51. The highest BCUT2D eigenvalue weighted by Crippen LogP contribution is 2.34. The Balaban J connectivity index is 1.69. The molecule has 0 bridgehead atoms. The number of nitriles is 1. The van der Waals surface area contributed by atoms with Crippen LogP contribution in [0.15, 0.2) is 56.9 Å². The molecule has 0 saturated carbocycles. The maximum atomic E-state index is 14.0. The molecule has 2 heterocycles. The number of aromatic nitrogens is 1. The number of aliphatic imine (C=N–C) groups is 1. The minimum atomic E-state index is -4.05. The number of carbonyl (C=O) groups is 2. The van der Waals surface area contributed by atoms with Crippen molar-refractivity contribution in [2.75, 3.05) is 17.9 Å². The summed E-state index contributed by atoms with van der Waals surface area (Å²) in [4.78, 5) is 32.7. The van der Waals surface area contributed by atoms with Gasteiger partial charge in [0, 0.05) is 24.2 Å². The molecule has 12 nitrogen and oxygen atoms in total. The van der Waals surface area contributed by atoms with E-state index in [1.807, 2.05) is 38.1 Å². The molecular formula is C34H42N6O6S. The summed E-state index contributed by atoms with van der Waals surface area (Å²) in [5.41, 5.74) is 2.18. The Kier molecular flexibility index (Phi) is 11.5. The number of carbonyl (C=O) groups excluding carboxylic acids is 2. The summed E-state index contributed by atoms with van der Waals surface area (Å²) in [6.45, 7) is 10.2. The van der Waals surface area contributed by atoms with E-state index in [1.54, 1.807) is 36.9 Å². The molecule has 1 atom stereocenters. The molecule has 47 heavy (non-hydrogen) atoms. The lowest BCUT2D eigenvalue weighted by Crippen LogP contribution is -2.49. The third kappa shape index (κ3) is 7.89. The highest BCUT2D eigenvalue weighted by molar-refractivity contribution is 7.92. The van der Waals surface area contributed by atoms with Crippen LogP contribution in [0.2, 0.25) is 0 Å². The Labute approximate surface area is 276 Å². The fourth-order valence-corrected chi connectivity index (χ4v) is 6.68. The molecule has 250 valence electrons. The SMILES string of the molecule is CCCCC1=NC(CC)(CNC(=O)CC#N)C(=O)N1Cc1ccc(-c2ccccc2S(=O)(=O)Nc2noc(C)c2C)c(COCC)c1. The molecule has 13 heteroatoms. The van der Waals surface area contributed by atoms with Gasteiger partial charge >= 0.3 is 0 Å². The first-order valence-electron chi connectivity index (χ1n) is 15.8. The molecular weight excluding hydrogens is 620 g/mol. The van der Waals surface area contributed by atoms with Gasteiger partial charge in [-0.15, -0.1) is 0 Å². The molecule has 2 amide bonds. The second kappa shape index (κ2) is 15.4. The van der Waals surface area contributed by atoms with E-state index in [-0.39, 0.29) is 42.7 Å². The van der Waals surface area contributed by atoms with E-state index in [4.69, 9.17) is 19.5 Å². The van der Waals surface area contributed by atoms with Gasteiger partial charge in [-0.25, -0.2) is 8.42 Å². The van der Waals surface area contributed by atoms with Gasteiger partial charge < -0.3 is 14.6 Å². The van der Waals surface area contributed by atoms with Crippen LogP contribution in [0.25, 0.3) is 11.1 Å². The second-order valence-corrected chi connectivity index (χ2v) is 13.1. The highest BCUT2D eigenvalue weighted by atomic mass is 32.2. The Morgan fingerprint density at radius 2 is 1.89 bits per heavy atom. The molecule has 0 saturated heterocycles. The zero-order valence-electron chi connectivity index (χ0n) is 27.6. The van der Waals surface area contributed by atoms with Crippen molar-refractivity contribution in [1.82, 2.24) is 15.4 Å². The summed E-state index contributed by atoms with van der Waals surface area (Å²) in [5.74, 6) is 0.650. The first-order valence-corrected chi connectivity index (χ1v) is 17.3. The number of aryl methyl sites for hydroxylation is 1. The molecule has 1 aliphatic rings. The average molecular weight is 663 g/mol. The van der Waals surface area contributed by atoms with Crippen LogP contribution in [0, 0.1) is 25.2 Å². The molecule has 0 radical (unpaired) electrons. The van der Waals surface area contributed by atoms with Crippen LogP contribution in [0.1, 0.15) is 75.3 Å². The summed E-state index contributed by atoms with van der Waals surface area (Å²) in [5, 5.41) is 15.4. The number of nitrogens with zero attached hydrogens (tertiary/aromatic N) is 4. The number of rotatable bonds is 16. The number of hydrogen-bond acceptors (Lipinski definition) is 9. The van der Waals surface area contributed by atoms with Crippen LogP contribution in [0.4, 0.5) is 5.82 Å². The third-order valence-corrected chi connectivity index (χ3v) is 9.68. The maximum Gasteiger partial charge on any atom is 0.263 e. The van der Waals surface area contributed by atoms with Gasteiger partial charge in [0.05, 0.1) is 30.7 Å². The summed E-state index contributed by atoms with van der Waals surface area (Å²) < 4.78 is 40.8. The lowest BCUT2D eigenvalue weighted by Gasteiger charge is -2.26. The van der Waals surface area contributed by atoms with Crippen LogP contribution >= 0.6 is 0 Å². The summed E-state index contributed by atoms with van der Waals surface area (Å²) in [6.07, 6.45) is 2.44. The summed E-state index contributed by atoms with van der Waals surface area (Å²) >= 11 is 0. The van der Waals surface area contributed by atoms with Crippen molar-refractivity contribution >= 4 is 33.5 Å². The van der Waals surface area contributed by atoms with Crippen molar-refractivity contribution in [3.8, 4) is 17.2 Å². The van der Waals surface area contributed by atoms with Crippen molar-refractivity contribution in [3.05, 3.63) is 64.9 Å². The van der Waals surface area contributed by atoms with E-state index in [1.165, 1.54) is 6.07 Å². The minimum absolute atomic E-state index is 0.0101. The first kappa shape index (κ1) is 35.3. The topological polar surface area (TPSA) is 167 Å². The largest absolute Gasteiger partial charge is 0.377 e. The van der Waals surface area contributed by atoms with E-state index >= 15 is 0 Å². The number of amidine groups is 1. The van der Waals surface area contributed by atoms with Crippen molar-refractivity contribution in [2.24, 2.45) is 4.99 Å². The van der Waals surface area contributed by atoms with Crippen molar-refractivity contribution in [1.29, 1.82) is 5.26 Å². The highest BCUT2D eigenvalue weighted by Gasteiger charge is 2.46. The predicted octanol–water partition coefficient (Wildman–Crippen LogP) is 5.41. The Hall–Kier alpha value is -4.54. The smallest absolute Gasteiger partial charge is 0.263 e. The van der Waals surface area contributed by atoms with Gasteiger partial charge in [-0.1, -0.05) is 61.8 Å². The summed E-state index contributed by atoms with van der Waals surface area (Å²) in [6, 6.07) is 14.2. The normalized spacial score (nSPS) is 16.2. The molecule has 4 rings (SSSR count). The van der Waals surface area contributed by atoms with E-state index in [0.29, 0.717) is 47.7 Å². The van der Waals surface area contributed by atoms with Gasteiger partial charge in [-0.3, -0.25) is 24.2 Å². The number of benzene rings is 2. The first-order chi connectivity index (χ1) is 22.5. The lowest BCUT2D eigenvalue weighted by atomic mass is 9.95. The van der Waals surface area contributed by atoms with E-state index in [2.05, 4.69) is 22.1 Å². The van der Waals surface area contributed by atoms with Gasteiger partial charge in [0.25, 0.3) is 15.9 Å². The van der Waals surface area contributed by atoms with Crippen molar-refractivity contribution < 1.29 is 27.3 Å². The molecule has 0 spiro atoms. The zero-order chi connectivity index (χ0) is 34.2. The van der Waals surface area contributed by atoms with E-state index in [9.17, 15) is 18.0 Å². The van der Waals surface area contributed by atoms with Gasteiger partial charge in [-0.05, 0) is 56.4 Å². The third-order valence-electron chi connectivity index (χ3n) is 8.28. The molecule has 1 unspecified atom stereocenters. The molecule has 0 fully saturated rings. The van der Waals surface area contributed by atoms with Crippen LogP contribution in [0.3, 0.4) is 0 Å². The van der Waals surface area contributed by atoms with Gasteiger partial charge in [-0.2, -0.15) is 5.26 Å². The molecule has 2 aromatic carbocycles. The number of anilines is 1. The Morgan fingerprint density at radius 3 is 2.55 bits per heavy atom. The van der Waals surface area contributed by atoms with Gasteiger partial charge in [0.15, 0.2) is 11.4 Å². The van der Waals surface area contributed by atoms with Crippen LogP contribution in [0.5, 0.6) is 0 Å². The van der Waals surface area contributed by atoms with Crippen molar-refractivity contribution in [2.45, 2.75) is 90.3 Å². The number of ether oxygens (including phenoxy) is 1. The predicted molar refractivity (Wildman–Crippen MR) is 178 cm³/mol. The van der Waals surface area contributed by atoms with E-state index in [0.717, 1.165) is 24.0 Å². The van der Waals surface area contributed by atoms with Gasteiger partial charge in [0.1, 0.15) is 18.0 Å². The van der Waals surface area contributed by atoms with Crippen molar-refractivity contribution in [3.63, 3.8) is 0 Å². The van der Waals surface area contributed by atoms with Crippen LogP contribution in [-0.4, -0.2) is 54.8 Å². The standard InChI is InChI=1S/C34H42N6O6S/c1-6-9-14-30-37-34(7-2,22-36-31(41)17-18-35)33(42)40(30)20-25-15-16-27(26(19-25)21-45-8-3)28-12-10-11-13-29(28)47(43,44)39-32-23(4)24(5)46-38-32/h10-13,15-16,19H,6-9,14,17,20-22H2,1-5H3,(H,36,41)(H,38,39). The zero-order valence-corrected chi connectivity index (χ0v) is 28.4. The Morgan fingerprint density at radius 1 is 1.13 bits per heavy atom. The number of hydrogen-bond donors (Lipinski definition) is 2. The van der Waals surface area contributed by atoms with Crippen LogP contribution < -0.4 is 10.0 Å². The van der Waals surface area contributed by atoms with Gasteiger partial charge in [0.2, 0.25) is 5.91 Å². The summed E-state index contributed by atoms with van der Waals surface area (Å²) in [7, 11) is -4.05. The molecule has 1 aliphatic heterocycles. The number of sulfonamides is 1. The number of unbranched alkanes of at least 4 members (excludes halogenated alkanes) is 1. The number of nitrogens with one attached hydrogen (secondary N) is 2. The second-order valence-electron chi connectivity index (χ2n) is 11.5. The quantitative estimate of drug-likeness (QED) is 0.205. The fourth-order valence-electron chi connectivity index (χ4n) is 5.40. The minimum Gasteiger partial charge on any atom is -0.377 e. The molecule has 2 N–H and O–H groups in total. The molecule has 1 aromatic heterocycles. The van der Waals surface area contributed by atoms with Crippen LogP contribution in [-0.2, 0) is 37.5 Å². The molecule has 3 aromatic rings. The monoisotopic (exact) mass is 662 g/mol. The maximum absolute atomic E-state index is 14.0. The van der Waals surface area contributed by atoms with E-state index < -0.39 is 21.5 Å². The fraction of sp³-hybridized carbons (Fsp3) is 0.441. The lowest BCUT2D eigenvalue weighted by molar-refractivity contribution is -0.132.